The molecule has 1 aliphatic rings. The summed E-state index contributed by atoms with van der Waals surface area (Å²) in [6, 6.07) is 5.88. The Morgan fingerprint density at radius 3 is 2.62 bits per heavy atom. The SMILES string of the molecule is O=C(Nc1ccccc1[N+](=O)[O-])c1nc[nH]c1C(=O)NC1CCCCC1. The van der Waals surface area contributed by atoms with E-state index in [1.165, 1.54) is 30.9 Å². The number of imidazole rings is 1. The number of aromatic amines is 1. The van der Waals surface area contributed by atoms with Gasteiger partial charge in [0.1, 0.15) is 11.4 Å². The molecule has 0 saturated heterocycles. The highest BCUT2D eigenvalue weighted by atomic mass is 16.6. The van der Waals surface area contributed by atoms with Crippen LogP contribution in [0.15, 0.2) is 30.6 Å². The summed E-state index contributed by atoms with van der Waals surface area (Å²) in [6.45, 7) is 0. The molecular weight excluding hydrogens is 338 g/mol. The number of benzene rings is 1. The summed E-state index contributed by atoms with van der Waals surface area (Å²) in [5, 5.41) is 16.4. The van der Waals surface area contributed by atoms with Crippen molar-refractivity contribution in [2.45, 2.75) is 38.1 Å². The number of anilines is 1. The van der Waals surface area contributed by atoms with Crippen molar-refractivity contribution in [2.24, 2.45) is 0 Å². The standard InChI is InChI=1S/C17H19N5O4/c23-16(20-11-6-2-1-3-7-11)14-15(19-10-18-14)17(24)21-12-8-4-5-9-13(12)22(25)26/h4-5,8-11H,1-3,6-7H2,(H,18,19)(H,20,23)(H,21,24). The minimum absolute atomic E-state index is 0.0455. The van der Waals surface area contributed by atoms with E-state index in [2.05, 4.69) is 20.6 Å². The average Bonchev–Trinajstić information content (AvgIpc) is 3.13. The predicted octanol–water partition coefficient (Wildman–Crippen LogP) is 2.63. The lowest BCUT2D eigenvalue weighted by Crippen LogP contribution is -2.37. The molecule has 136 valence electrons. The number of aromatic nitrogens is 2. The molecule has 1 aliphatic carbocycles. The molecule has 9 nitrogen and oxygen atoms in total. The summed E-state index contributed by atoms with van der Waals surface area (Å²) in [6.07, 6.45) is 6.39. The molecule has 0 bridgehead atoms. The Morgan fingerprint density at radius 2 is 1.88 bits per heavy atom. The molecule has 2 aromatic rings. The van der Waals surface area contributed by atoms with Crippen molar-refractivity contribution in [1.29, 1.82) is 0 Å². The van der Waals surface area contributed by atoms with Gasteiger partial charge in [0.25, 0.3) is 17.5 Å². The Kier molecular flexibility index (Phi) is 5.26. The molecule has 1 aromatic carbocycles. The first-order valence-corrected chi connectivity index (χ1v) is 8.45. The fourth-order valence-corrected chi connectivity index (χ4v) is 3.06. The number of carbonyl (C=O) groups excluding carboxylic acids is 2. The van der Waals surface area contributed by atoms with E-state index >= 15 is 0 Å². The third-order valence-corrected chi connectivity index (χ3v) is 4.37. The number of para-hydroxylation sites is 2. The molecule has 26 heavy (non-hydrogen) atoms. The van der Waals surface area contributed by atoms with E-state index in [0.717, 1.165) is 25.7 Å². The molecule has 0 radical (unpaired) electrons. The molecule has 1 heterocycles. The van der Waals surface area contributed by atoms with Gasteiger partial charge in [0.15, 0.2) is 5.69 Å². The van der Waals surface area contributed by atoms with E-state index in [4.69, 9.17) is 0 Å². The van der Waals surface area contributed by atoms with E-state index in [1.807, 2.05) is 0 Å². The van der Waals surface area contributed by atoms with Gasteiger partial charge < -0.3 is 15.6 Å². The number of rotatable bonds is 5. The Morgan fingerprint density at radius 1 is 1.15 bits per heavy atom. The molecule has 9 heteroatoms. The van der Waals surface area contributed by atoms with Crippen molar-refractivity contribution in [2.75, 3.05) is 5.32 Å². The molecular formula is C17H19N5O4. The van der Waals surface area contributed by atoms with Crippen LogP contribution in [0.5, 0.6) is 0 Å². The maximum atomic E-state index is 12.5. The van der Waals surface area contributed by atoms with Gasteiger partial charge in [-0.3, -0.25) is 19.7 Å². The quantitative estimate of drug-likeness (QED) is 0.559. The fraction of sp³-hybridized carbons (Fsp3) is 0.353. The molecule has 0 unspecified atom stereocenters. The highest BCUT2D eigenvalue weighted by molar-refractivity contribution is 6.10. The lowest BCUT2D eigenvalue weighted by atomic mass is 9.95. The highest BCUT2D eigenvalue weighted by Crippen LogP contribution is 2.24. The van der Waals surface area contributed by atoms with Gasteiger partial charge in [0.2, 0.25) is 0 Å². The number of nitro benzene ring substituents is 1. The third-order valence-electron chi connectivity index (χ3n) is 4.37. The number of nitrogens with one attached hydrogen (secondary N) is 3. The van der Waals surface area contributed by atoms with Crippen LogP contribution in [0.4, 0.5) is 11.4 Å². The van der Waals surface area contributed by atoms with Gasteiger partial charge >= 0.3 is 0 Å². The normalized spacial score (nSPS) is 14.6. The van der Waals surface area contributed by atoms with Gasteiger partial charge in [0.05, 0.1) is 11.3 Å². The van der Waals surface area contributed by atoms with Crippen LogP contribution < -0.4 is 10.6 Å². The summed E-state index contributed by atoms with van der Waals surface area (Å²) in [7, 11) is 0. The van der Waals surface area contributed by atoms with Crippen molar-refractivity contribution in [1.82, 2.24) is 15.3 Å². The lowest BCUT2D eigenvalue weighted by Gasteiger charge is -2.22. The fourth-order valence-electron chi connectivity index (χ4n) is 3.06. The van der Waals surface area contributed by atoms with Gasteiger partial charge in [-0.2, -0.15) is 0 Å². The van der Waals surface area contributed by atoms with Crippen LogP contribution in [-0.2, 0) is 0 Å². The number of amides is 2. The van der Waals surface area contributed by atoms with Crippen molar-refractivity contribution in [3.05, 3.63) is 52.1 Å². The first-order valence-electron chi connectivity index (χ1n) is 8.45. The van der Waals surface area contributed by atoms with Crippen LogP contribution in [0.2, 0.25) is 0 Å². The minimum Gasteiger partial charge on any atom is -0.348 e. The summed E-state index contributed by atoms with van der Waals surface area (Å²) in [5.41, 5.74) is -0.239. The summed E-state index contributed by atoms with van der Waals surface area (Å²) in [4.78, 5) is 42.0. The molecule has 0 spiro atoms. The number of hydrogen-bond donors (Lipinski definition) is 3. The zero-order valence-corrected chi connectivity index (χ0v) is 14.0. The van der Waals surface area contributed by atoms with Crippen LogP contribution in [0, 0.1) is 10.1 Å². The van der Waals surface area contributed by atoms with E-state index in [0.29, 0.717) is 0 Å². The second-order valence-electron chi connectivity index (χ2n) is 6.16. The first kappa shape index (κ1) is 17.6. The lowest BCUT2D eigenvalue weighted by molar-refractivity contribution is -0.383. The first-order chi connectivity index (χ1) is 12.6. The molecule has 2 amide bonds. The molecule has 3 rings (SSSR count). The highest BCUT2D eigenvalue weighted by Gasteiger charge is 2.25. The van der Waals surface area contributed by atoms with Crippen LogP contribution in [-0.4, -0.2) is 32.7 Å². The predicted molar refractivity (Wildman–Crippen MR) is 94.0 cm³/mol. The number of nitro groups is 1. The minimum atomic E-state index is -0.686. The van der Waals surface area contributed by atoms with Gasteiger partial charge in [-0.05, 0) is 18.9 Å². The second-order valence-corrected chi connectivity index (χ2v) is 6.16. The molecule has 1 fully saturated rings. The monoisotopic (exact) mass is 357 g/mol. The Balaban J connectivity index is 1.74. The number of H-pyrrole nitrogens is 1. The Labute approximate surface area is 149 Å². The summed E-state index contributed by atoms with van der Waals surface area (Å²) < 4.78 is 0. The van der Waals surface area contributed by atoms with E-state index in [1.54, 1.807) is 6.07 Å². The summed E-state index contributed by atoms with van der Waals surface area (Å²) in [5.74, 6) is -1.09. The van der Waals surface area contributed by atoms with Crippen LogP contribution in [0.1, 0.15) is 53.1 Å². The summed E-state index contributed by atoms with van der Waals surface area (Å²) >= 11 is 0. The Hall–Kier alpha value is -3.23. The third kappa shape index (κ3) is 3.88. The molecule has 3 N–H and O–H groups in total. The average molecular weight is 357 g/mol. The molecule has 1 saturated carbocycles. The van der Waals surface area contributed by atoms with Crippen LogP contribution in [0.3, 0.4) is 0 Å². The van der Waals surface area contributed by atoms with Crippen molar-refractivity contribution >= 4 is 23.2 Å². The van der Waals surface area contributed by atoms with Crippen LogP contribution >= 0.6 is 0 Å². The van der Waals surface area contributed by atoms with E-state index in [-0.39, 0.29) is 28.8 Å². The maximum absolute atomic E-state index is 12.5. The zero-order chi connectivity index (χ0) is 18.5. The number of nitrogens with zero attached hydrogens (tertiary/aromatic N) is 2. The topological polar surface area (TPSA) is 130 Å². The molecule has 0 aliphatic heterocycles. The largest absolute Gasteiger partial charge is 0.348 e. The Bertz CT molecular complexity index is 826. The van der Waals surface area contributed by atoms with Crippen molar-refractivity contribution < 1.29 is 14.5 Å². The smallest absolute Gasteiger partial charge is 0.292 e. The second kappa shape index (κ2) is 7.77. The van der Waals surface area contributed by atoms with E-state index < -0.39 is 16.7 Å². The van der Waals surface area contributed by atoms with Gasteiger partial charge in [-0.15, -0.1) is 0 Å². The van der Waals surface area contributed by atoms with Gasteiger partial charge in [-0.1, -0.05) is 31.4 Å². The zero-order valence-electron chi connectivity index (χ0n) is 14.0. The number of hydrogen-bond acceptors (Lipinski definition) is 5. The van der Waals surface area contributed by atoms with Crippen molar-refractivity contribution in [3.63, 3.8) is 0 Å². The van der Waals surface area contributed by atoms with Gasteiger partial charge in [0, 0.05) is 12.1 Å². The van der Waals surface area contributed by atoms with Gasteiger partial charge in [-0.25, -0.2) is 4.98 Å². The maximum Gasteiger partial charge on any atom is 0.292 e. The number of carbonyl (C=O) groups is 2. The molecule has 1 aromatic heterocycles. The van der Waals surface area contributed by atoms with E-state index in [9.17, 15) is 19.7 Å². The van der Waals surface area contributed by atoms with Crippen molar-refractivity contribution in [3.8, 4) is 0 Å². The molecule has 0 atom stereocenters. The van der Waals surface area contributed by atoms with Crippen LogP contribution in [0.25, 0.3) is 0 Å².